The van der Waals surface area contributed by atoms with E-state index in [2.05, 4.69) is 45.1 Å². The molecule has 0 radical (unpaired) electrons. The fourth-order valence-electron chi connectivity index (χ4n) is 3.31. The maximum absolute atomic E-state index is 12.4. The van der Waals surface area contributed by atoms with Crippen molar-refractivity contribution in [1.82, 2.24) is 15.0 Å². The Hall–Kier alpha value is -2.47. The van der Waals surface area contributed by atoms with Gasteiger partial charge in [0.1, 0.15) is 6.04 Å². The van der Waals surface area contributed by atoms with Crippen LogP contribution in [-0.2, 0) is 11.3 Å². The summed E-state index contributed by atoms with van der Waals surface area (Å²) in [5.74, 6) is 1.16. The molecular formula is C20H18BrN3O2. The van der Waals surface area contributed by atoms with Crippen molar-refractivity contribution in [3.05, 3.63) is 70.0 Å². The predicted octanol–water partition coefficient (Wildman–Crippen LogP) is 4.67. The van der Waals surface area contributed by atoms with Crippen molar-refractivity contribution in [2.24, 2.45) is 0 Å². The van der Waals surface area contributed by atoms with Gasteiger partial charge < -0.3 is 9.42 Å². The molecule has 132 valence electrons. The van der Waals surface area contributed by atoms with Gasteiger partial charge >= 0.3 is 0 Å². The lowest BCUT2D eigenvalue weighted by molar-refractivity contribution is -0.129. The fourth-order valence-corrected chi connectivity index (χ4v) is 3.71. The molecule has 1 fully saturated rings. The van der Waals surface area contributed by atoms with E-state index in [1.54, 1.807) is 0 Å². The minimum Gasteiger partial charge on any atom is -0.337 e. The molecule has 1 aliphatic heterocycles. The average Bonchev–Trinajstić information content (AvgIpc) is 3.23. The zero-order chi connectivity index (χ0) is 18.1. The predicted molar refractivity (Wildman–Crippen MR) is 101 cm³/mol. The summed E-state index contributed by atoms with van der Waals surface area (Å²) in [5, 5.41) is 4.11. The minimum atomic E-state index is -0.170. The molecule has 4 rings (SSSR count). The number of halogens is 1. The van der Waals surface area contributed by atoms with Crippen LogP contribution in [0.4, 0.5) is 0 Å². The van der Waals surface area contributed by atoms with Gasteiger partial charge in [0.05, 0.1) is 0 Å². The summed E-state index contributed by atoms with van der Waals surface area (Å²) in [5.41, 5.74) is 3.17. The van der Waals surface area contributed by atoms with Crippen molar-refractivity contribution in [2.75, 3.05) is 0 Å². The van der Waals surface area contributed by atoms with Crippen molar-refractivity contribution in [3.63, 3.8) is 0 Å². The molecule has 1 unspecified atom stereocenters. The highest BCUT2D eigenvalue weighted by atomic mass is 79.9. The number of aryl methyl sites for hydroxylation is 1. The Morgan fingerprint density at radius 2 is 2.08 bits per heavy atom. The number of likely N-dealkylation sites (tertiary alicyclic amines) is 1. The van der Waals surface area contributed by atoms with Crippen molar-refractivity contribution < 1.29 is 9.32 Å². The van der Waals surface area contributed by atoms with Gasteiger partial charge in [0.2, 0.25) is 17.6 Å². The van der Waals surface area contributed by atoms with E-state index in [9.17, 15) is 4.79 Å². The molecule has 0 N–H and O–H groups in total. The van der Waals surface area contributed by atoms with Crippen LogP contribution in [0.25, 0.3) is 11.4 Å². The first kappa shape index (κ1) is 17.0. The van der Waals surface area contributed by atoms with Gasteiger partial charge in [-0.3, -0.25) is 4.79 Å². The first-order valence-electron chi connectivity index (χ1n) is 8.55. The molecule has 6 heteroatoms. The number of benzene rings is 2. The smallest absolute Gasteiger partial charge is 0.249 e. The molecule has 1 atom stereocenters. The van der Waals surface area contributed by atoms with Crippen LogP contribution in [0.3, 0.4) is 0 Å². The van der Waals surface area contributed by atoms with Crippen LogP contribution in [-0.4, -0.2) is 20.9 Å². The van der Waals surface area contributed by atoms with Gasteiger partial charge in [-0.25, -0.2) is 0 Å². The van der Waals surface area contributed by atoms with E-state index in [1.165, 1.54) is 5.56 Å². The van der Waals surface area contributed by atoms with Gasteiger partial charge in [-0.1, -0.05) is 63.0 Å². The highest BCUT2D eigenvalue weighted by Crippen LogP contribution is 2.34. The third-order valence-corrected chi connectivity index (χ3v) is 5.07. The molecule has 3 aromatic rings. The summed E-state index contributed by atoms with van der Waals surface area (Å²) in [4.78, 5) is 18.8. The van der Waals surface area contributed by atoms with Crippen LogP contribution in [0.2, 0.25) is 0 Å². The fraction of sp³-hybridized carbons (Fsp3) is 0.250. The van der Waals surface area contributed by atoms with E-state index in [-0.39, 0.29) is 11.9 Å². The molecule has 0 bridgehead atoms. The summed E-state index contributed by atoms with van der Waals surface area (Å²) in [6.07, 6.45) is 1.20. The summed E-state index contributed by atoms with van der Waals surface area (Å²) < 4.78 is 6.47. The van der Waals surface area contributed by atoms with Gasteiger partial charge in [-0.2, -0.15) is 4.98 Å². The molecule has 2 aromatic carbocycles. The SMILES string of the molecule is Cc1cccc(CN2C(=O)CCC2c2nc(-c3cccc(Br)c3)no2)c1. The normalized spacial score (nSPS) is 17.1. The Bertz CT molecular complexity index is 953. The number of rotatable bonds is 4. The Labute approximate surface area is 160 Å². The first-order valence-corrected chi connectivity index (χ1v) is 9.34. The largest absolute Gasteiger partial charge is 0.337 e. The summed E-state index contributed by atoms with van der Waals surface area (Å²) >= 11 is 3.45. The molecule has 0 spiro atoms. The highest BCUT2D eigenvalue weighted by Gasteiger charge is 2.36. The molecular weight excluding hydrogens is 394 g/mol. The Morgan fingerprint density at radius 1 is 1.23 bits per heavy atom. The Morgan fingerprint density at radius 3 is 2.88 bits per heavy atom. The van der Waals surface area contributed by atoms with E-state index < -0.39 is 0 Å². The molecule has 2 heterocycles. The Kier molecular flexibility index (Phi) is 4.59. The molecule has 1 aromatic heterocycles. The van der Waals surface area contributed by atoms with Crippen molar-refractivity contribution >= 4 is 21.8 Å². The van der Waals surface area contributed by atoms with Gasteiger partial charge in [0, 0.05) is 23.0 Å². The molecule has 1 saturated heterocycles. The number of carbonyl (C=O) groups excluding carboxylic acids is 1. The van der Waals surface area contributed by atoms with Crippen LogP contribution in [0, 0.1) is 6.92 Å². The number of amides is 1. The quantitative estimate of drug-likeness (QED) is 0.625. The van der Waals surface area contributed by atoms with Gasteiger partial charge in [0.15, 0.2) is 0 Å². The standard InChI is InChI=1S/C20H18BrN3O2/c1-13-4-2-5-14(10-13)12-24-17(8-9-18(24)25)20-22-19(23-26-20)15-6-3-7-16(21)11-15/h2-7,10-11,17H,8-9,12H2,1H3. The average molecular weight is 412 g/mol. The molecule has 26 heavy (non-hydrogen) atoms. The lowest BCUT2D eigenvalue weighted by Crippen LogP contribution is -2.27. The number of aromatic nitrogens is 2. The van der Waals surface area contributed by atoms with Crippen molar-refractivity contribution in [2.45, 2.75) is 32.4 Å². The van der Waals surface area contributed by atoms with E-state index in [0.717, 1.165) is 15.6 Å². The van der Waals surface area contributed by atoms with E-state index in [4.69, 9.17) is 4.52 Å². The van der Waals surface area contributed by atoms with Crippen molar-refractivity contribution in [1.29, 1.82) is 0 Å². The topological polar surface area (TPSA) is 59.2 Å². The number of hydrogen-bond acceptors (Lipinski definition) is 4. The van der Waals surface area contributed by atoms with E-state index >= 15 is 0 Å². The third kappa shape index (κ3) is 3.42. The highest BCUT2D eigenvalue weighted by molar-refractivity contribution is 9.10. The third-order valence-electron chi connectivity index (χ3n) is 4.57. The maximum Gasteiger partial charge on any atom is 0.249 e. The van der Waals surface area contributed by atoms with Gasteiger partial charge in [-0.05, 0) is 31.0 Å². The summed E-state index contributed by atoms with van der Waals surface area (Å²) in [6, 6.07) is 15.8. The summed E-state index contributed by atoms with van der Waals surface area (Å²) in [7, 11) is 0. The van der Waals surface area contributed by atoms with Crippen LogP contribution in [0.5, 0.6) is 0 Å². The molecule has 5 nitrogen and oxygen atoms in total. The zero-order valence-electron chi connectivity index (χ0n) is 14.4. The van der Waals surface area contributed by atoms with E-state index in [1.807, 2.05) is 41.3 Å². The first-order chi connectivity index (χ1) is 12.6. The second-order valence-corrected chi connectivity index (χ2v) is 7.45. The van der Waals surface area contributed by atoms with Crippen LogP contribution < -0.4 is 0 Å². The van der Waals surface area contributed by atoms with Crippen molar-refractivity contribution in [3.8, 4) is 11.4 Å². The molecule has 0 saturated carbocycles. The Balaban J connectivity index is 1.59. The second-order valence-electron chi connectivity index (χ2n) is 6.53. The second kappa shape index (κ2) is 7.03. The lowest BCUT2D eigenvalue weighted by atomic mass is 10.1. The molecule has 0 aliphatic carbocycles. The van der Waals surface area contributed by atoms with E-state index in [0.29, 0.717) is 31.1 Å². The van der Waals surface area contributed by atoms with Crippen LogP contribution >= 0.6 is 15.9 Å². The maximum atomic E-state index is 12.4. The zero-order valence-corrected chi connectivity index (χ0v) is 15.9. The van der Waals surface area contributed by atoms with Crippen LogP contribution in [0.15, 0.2) is 57.5 Å². The molecule has 1 aliphatic rings. The van der Waals surface area contributed by atoms with Gasteiger partial charge in [-0.15, -0.1) is 0 Å². The van der Waals surface area contributed by atoms with Gasteiger partial charge in [0.25, 0.3) is 0 Å². The van der Waals surface area contributed by atoms with Crippen LogP contribution in [0.1, 0.15) is 35.9 Å². The lowest BCUT2D eigenvalue weighted by Gasteiger charge is -2.22. The summed E-state index contributed by atoms with van der Waals surface area (Å²) in [6.45, 7) is 2.61. The number of hydrogen-bond donors (Lipinski definition) is 0. The number of carbonyl (C=O) groups is 1. The molecule has 1 amide bonds. The minimum absolute atomic E-state index is 0.124. The monoisotopic (exact) mass is 411 g/mol. The number of nitrogens with zero attached hydrogens (tertiary/aromatic N) is 3.